The van der Waals surface area contributed by atoms with Gasteiger partial charge in [0.15, 0.2) is 0 Å². The molecular formula is C15H10ClF3N4O. The Balaban J connectivity index is 2.13. The van der Waals surface area contributed by atoms with E-state index in [9.17, 15) is 13.2 Å². The van der Waals surface area contributed by atoms with Crippen LogP contribution >= 0.6 is 11.6 Å². The molecule has 0 radical (unpaired) electrons. The van der Waals surface area contributed by atoms with E-state index in [0.717, 1.165) is 0 Å². The molecule has 0 aliphatic carbocycles. The summed E-state index contributed by atoms with van der Waals surface area (Å²) in [6, 6.07) is 4.63. The van der Waals surface area contributed by atoms with Crippen molar-refractivity contribution in [2.24, 2.45) is 0 Å². The molecular weight excluding hydrogens is 345 g/mol. The zero-order valence-corrected chi connectivity index (χ0v) is 13.1. The number of alkyl halides is 3. The molecule has 24 heavy (non-hydrogen) atoms. The first-order valence-electron chi connectivity index (χ1n) is 6.90. The van der Waals surface area contributed by atoms with Gasteiger partial charge in [-0.25, -0.2) is 19.9 Å². The second-order valence-corrected chi connectivity index (χ2v) is 5.22. The quantitative estimate of drug-likeness (QED) is 0.695. The molecule has 0 spiro atoms. The predicted octanol–water partition coefficient (Wildman–Crippen LogP) is 4.45. The molecule has 3 aromatic rings. The van der Waals surface area contributed by atoms with Crippen LogP contribution in [0.3, 0.4) is 0 Å². The van der Waals surface area contributed by atoms with Crippen LogP contribution < -0.4 is 4.74 Å². The van der Waals surface area contributed by atoms with E-state index in [0.29, 0.717) is 10.4 Å². The third-order valence-electron chi connectivity index (χ3n) is 3.15. The van der Waals surface area contributed by atoms with E-state index in [1.807, 2.05) is 0 Å². The van der Waals surface area contributed by atoms with Crippen molar-refractivity contribution >= 4 is 22.5 Å². The number of hydrogen-bond donors (Lipinski definition) is 0. The molecule has 0 unspecified atom stereocenters. The van der Waals surface area contributed by atoms with Crippen LogP contribution in [-0.2, 0) is 12.6 Å². The van der Waals surface area contributed by atoms with E-state index in [-0.39, 0.29) is 29.4 Å². The summed E-state index contributed by atoms with van der Waals surface area (Å²) in [6.45, 7) is 1.71. The summed E-state index contributed by atoms with van der Waals surface area (Å²) in [5, 5.41) is 0.735. The summed E-state index contributed by atoms with van der Waals surface area (Å²) >= 11 is 5.71. The Labute approximate surface area is 139 Å². The van der Waals surface area contributed by atoms with Gasteiger partial charge in [0.25, 0.3) is 0 Å². The molecule has 0 fully saturated rings. The summed E-state index contributed by atoms with van der Waals surface area (Å²) in [5.74, 6) is -0.896. The predicted molar refractivity (Wildman–Crippen MR) is 81.0 cm³/mol. The van der Waals surface area contributed by atoms with Crippen LogP contribution in [0.25, 0.3) is 10.9 Å². The Morgan fingerprint density at radius 3 is 2.46 bits per heavy atom. The molecule has 0 amide bonds. The van der Waals surface area contributed by atoms with Gasteiger partial charge in [-0.3, -0.25) is 0 Å². The van der Waals surface area contributed by atoms with Crippen LogP contribution in [-0.4, -0.2) is 19.9 Å². The largest absolute Gasteiger partial charge is 0.451 e. The number of rotatable bonds is 3. The van der Waals surface area contributed by atoms with Gasteiger partial charge < -0.3 is 4.74 Å². The highest BCUT2D eigenvalue weighted by molar-refractivity contribution is 6.30. The van der Waals surface area contributed by atoms with Crippen molar-refractivity contribution < 1.29 is 17.9 Å². The average molecular weight is 355 g/mol. The number of fused-ring (bicyclic) bond motifs is 1. The van der Waals surface area contributed by atoms with Gasteiger partial charge in [-0.2, -0.15) is 13.2 Å². The Morgan fingerprint density at radius 1 is 1.12 bits per heavy atom. The smallest absolute Gasteiger partial charge is 0.424 e. The molecule has 5 nitrogen and oxygen atoms in total. The van der Waals surface area contributed by atoms with Crippen LogP contribution in [0.1, 0.15) is 18.4 Å². The Hall–Kier alpha value is -2.48. The number of aryl methyl sites for hydroxylation is 1. The van der Waals surface area contributed by atoms with E-state index in [2.05, 4.69) is 19.9 Å². The van der Waals surface area contributed by atoms with Crippen molar-refractivity contribution in [3.05, 3.63) is 47.1 Å². The number of halogens is 4. The lowest BCUT2D eigenvalue weighted by Crippen LogP contribution is -2.13. The lowest BCUT2D eigenvalue weighted by atomic mass is 10.1. The number of nitrogens with zero attached hydrogens (tertiary/aromatic N) is 4. The van der Waals surface area contributed by atoms with Gasteiger partial charge in [-0.15, -0.1) is 0 Å². The summed E-state index contributed by atoms with van der Waals surface area (Å²) < 4.78 is 44.4. The van der Waals surface area contributed by atoms with E-state index in [1.54, 1.807) is 19.1 Å². The first-order valence-corrected chi connectivity index (χ1v) is 7.28. The SMILES string of the molecule is CCc1nc(C(F)(F)F)nc2cccc(Oc3ncc(Cl)cn3)c12. The molecule has 0 aliphatic heterocycles. The van der Waals surface area contributed by atoms with E-state index in [4.69, 9.17) is 16.3 Å². The molecule has 0 saturated carbocycles. The van der Waals surface area contributed by atoms with Gasteiger partial charge in [0.2, 0.25) is 5.82 Å². The number of ether oxygens (including phenoxy) is 1. The van der Waals surface area contributed by atoms with Crippen LogP contribution in [0.15, 0.2) is 30.6 Å². The van der Waals surface area contributed by atoms with E-state index in [1.165, 1.54) is 18.5 Å². The zero-order valence-electron chi connectivity index (χ0n) is 12.3. The van der Waals surface area contributed by atoms with E-state index >= 15 is 0 Å². The first kappa shape index (κ1) is 16.4. The maximum atomic E-state index is 12.9. The lowest BCUT2D eigenvalue weighted by molar-refractivity contribution is -0.144. The average Bonchev–Trinajstić information content (AvgIpc) is 2.55. The molecule has 0 bridgehead atoms. The highest BCUT2D eigenvalue weighted by atomic mass is 35.5. The van der Waals surface area contributed by atoms with E-state index < -0.39 is 12.0 Å². The molecule has 2 heterocycles. The van der Waals surface area contributed by atoms with Gasteiger partial charge in [0.05, 0.1) is 34.0 Å². The molecule has 0 atom stereocenters. The first-order chi connectivity index (χ1) is 11.4. The third kappa shape index (κ3) is 3.23. The molecule has 9 heteroatoms. The maximum Gasteiger partial charge on any atom is 0.451 e. The highest BCUT2D eigenvalue weighted by Gasteiger charge is 2.35. The van der Waals surface area contributed by atoms with Gasteiger partial charge in [0, 0.05) is 0 Å². The minimum Gasteiger partial charge on any atom is -0.424 e. The molecule has 2 aromatic heterocycles. The third-order valence-corrected chi connectivity index (χ3v) is 3.34. The van der Waals surface area contributed by atoms with Crippen LogP contribution in [0.4, 0.5) is 13.2 Å². The fraction of sp³-hybridized carbons (Fsp3) is 0.200. The van der Waals surface area contributed by atoms with Crippen LogP contribution in [0.5, 0.6) is 11.8 Å². The summed E-state index contributed by atoms with van der Waals surface area (Å²) in [4.78, 5) is 15.0. The highest BCUT2D eigenvalue weighted by Crippen LogP contribution is 2.33. The normalized spacial score (nSPS) is 11.7. The fourth-order valence-electron chi connectivity index (χ4n) is 2.14. The van der Waals surface area contributed by atoms with Crippen molar-refractivity contribution in [1.82, 2.24) is 19.9 Å². The number of aromatic nitrogens is 4. The molecule has 3 rings (SSSR count). The summed E-state index contributed by atoms with van der Waals surface area (Å²) in [6.07, 6.45) is -1.62. The van der Waals surface area contributed by atoms with Gasteiger partial charge in [0.1, 0.15) is 5.75 Å². The topological polar surface area (TPSA) is 60.8 Å². The number of benzene rings is 1. The second-order valence-electron chi connectivity index (χ2n) is 4.78. The monoisotopic (exact) mass is 354 g/mol. The zero-order chi connectivity index (χ0) is 17.3. The maximum absolute atomic E-state index is 12.9. The molecule has 0 N–H and O–H groups in total. The Kier molecular flexibility index (Phi) is 4.23. The van der Waals surface area contributed by atoms with Crippen molar-refractivity contribution in [3.8, 4) is 11.8 Å². The van der Waals surface area contributed by atoms with Crippen LogP contribution in [0.2, 0.25) is 5.02 Å². The second kappa shape index (κ2) is 6.20. The summed E-state index contributed by atoms with van der Waals surface area (Å²) in [5.41, 5.74) is 0.373. The number of hydrogen-bond acceptors (Lipinski definition) is 5. The van der Waals surface area contributed by atoms with Crippen LogP contribution in [0, 0.1) is 0 Å². The minimum atomic E-state index is -4.62. The molecule has 0 saturated heterocycles. The van der Waals surface area contributed by atoms with Crippen molar-refractivity contribution in [2.45, 2.75) is 19.5 Å². The molecule has 124 valence electrons. The lowest BCUT2D eigenvalue weighted by Gasteiger charge is -2.12. The minimum absolute atomic E-state index is 0.0221. The van der Waals surface area contributed by atoms with Gasteiger partial charge >= 0.3 is 12.2 Å². The Morgan fingerprint density at radius 2 is 1.83 bits per heavy atom. The van der Waals surface area contributed by atoms with Gasteiger partial charge in [-0.1, -0.05) is 24.6 Å². The molecule has 0 aliphatic rings. The van der Waals surface area contributed by atoms with Crippen molar-refractivity contribution in [1.29, 1.82) is 0 Å². The molecule has 1 aromatic carbocycles. The van der Waals surface area contributed by atoms with Gasteiger partial charge in [-0.05, 0) is 18.6 Å². The standard InChI is InChI=1S/C15H10ClF3N4O/c1-2-9-12-10(23-13(22-9)15(17,18)19)4-3-5-11(12)24-14-20-6-8(16)7-21-14/h3-7H,2H2,1H3. The Bertz CT molecular complexity index is 884. The van der Waals surface area contributed by atoms with Crippen molar-refractivity contribution in [2.75, 3.05) is 0 Å². The van der Waals surface area contributed by atoms with Crippen molar-refractivity contribution in [3.63, 3.8) is 0 Å². The summed E-state index contributed by atoms with van der Waals surface area (Å²) in [7, 11) is 0. The fourth-order valence-corrected chi connectivity index (χ4v) is 2.24.